The second-order valence-electron chi connectivity index (χ2n) is 6.06. The van der Waals surface area contributed by atoms with Crippen LogP contribution in [0.3, 0.4) is 0 Å². The lowest BCUT2D eigenvalue weighted by atomic mass is 10.0. The lowest BCUT2D eigenvalue weighted by molar-refractivity contribution is 0.329. The highest BCUT2D eigenvalue weighted by Gasteiger charge is 2.21. The molecule has 21 heavy (non-hydrogen) atoms. The van der Waals surface area contributed by atoms with Gasteiger partial charge in [0, 0.05) is 19.1 Å². The maximum absolute atomic E-state index is 12.5. The van der Waals surface area contributed by atoms with E-state index in [9.17, 15) is 8.42 Å². The zero-order valence-corrected chi connectivity index (χ0v) is 14.2. The average molecular weight is 313 g/mol. The summed E-state index contributed by atoms with van der Waals surface area (Å²) in [5.41, 5.74) is 6.38. The quantitative estimate of drug-likeness (QED) is 0.761. The summed E-state index contributed by atoms with van der Waals surface area (Å²) in [5, 5.41) is 0. The van der Waals surface area contributed by atoms with Gasteiger partial charge in [0.05, 0.1) is 4.90 Å². The van der Waals surface area contributed by atoms with Gasteiger partial charge in [-0.05, 0) is 44.1 Å². The number of benzene rings is 1. The van der Waals surface area contributed by atoms with Crippen LogP contribution in [0, 0.1) is 5.92 Å². The highest BCUT2D eigenvalue weighted by molar-refractivity contribution is 7.89. The molecule has 120 valence electrons. The van der Waals surface area contributed by atoms with Gasteiger partial charge in [-0.2, -0.15) is 0 Å². The van der Waals surface area contributed by atoms with Gasteiger partial charge in [-0.1, -0.05) is 26.0 Å². The molecule has 3 N–H and O–H groups in total. The summed E-state index contributed by atoms with van der Waals surface area (Å²) in [5.74, 6) is 0.424. The molecular weight excluding hydrogens is 286 g/mol. The molecule has 0 saturated heterocycles. The zero-order chi connectivity index (χ0) is 16.0. The number of nitrogens with zero attached hydrogens (tertiary/aromatic N) is 1. The maximum atomic E-state index is 12.5. The van der Waals surface area contributed by atoms with E-state index < -0.39 is 10.0 Å². The Morgan fingerprint density at radius 2 is 1.95 bits per heavy atom. The van der Waals surface area contributed by atoms with Crippen molar-refractivity contribution >= 4 is 10.0 Å². The molecule has 0 heterocycles. The molecule has 1 rings (SSSR count). The molecule has 1 unspecified atom stereocenters. The van der Waals surface area contributed by atoms with Crippen molar-refractivity contribution in [3.8, 4) is 0 Å². The van der Waals surface area contributed by atoms with E-state index in [-0.39, 0.29) is 10.9 Å². The van der Waals surface area contributed by atoms with Gasteiger partial charge < -0.3 is 10.6 Å². The van der Waals surface area contributed by atoms with Crippen molar-refractivity contribution in [3.05, 3.63) is 29.8 Å². The van der Waals surface area contributed by atoms with E-state index in [4.69, 9.17) is 5.73 Å². The highest BCUT2D eigenvalue weighted by atomic mass is 32.2. The minimum absolute atomic E-state index is 0.105. The molecule has 0 aromatic heterocycles. The molecule has 1 aromatic carbocycles. The van der Waals surface area contributed by atoms with Crippen LogP contribution < -0.4 is 10.5 Å². The van der Waals surface area contributed by atoms with E-state index in [1.54, 1.807) is 18.2 Å². The second kappa shape index (κ2) is 7.89. The molecule has 0 aliphatic heterocycles. The normalized spacial score (nSPS) is 13.9. The fourth-order valence-corrected chi connectivity index (χ4v) is 3.61. The molecule has 1 atom stereocenters. The monoisotopic (exact) mass is 313 g/mol. The lowest BCUT2D eigenvalue weighted by Crippen LogP contribution is -2.42. The van der Waals surface area contributed by atoms with Gasteiger partial charge in [-0.15, -0.1) is 0 Å². The van der Waals surface area contributed by atoms with E-state index in [0.29, 0.717) is 19.0 Å². The van der Waals surface area contributed by atoms with Crippen molar-refractivity contribution in [1.29, 1.82) is 0 Å². The summed E-state index contributed by atoms with van der Waals surface area (Å²) in [7, 11) is 0.367. The van der Waals surface area contributed by atoms with Crippen molar-refractivity contribution < 1.29 is 8.42 Å². The van der Waals surface area contributed by atoms with Crippen LogP contribution in [-0.4, -0.2) is 40.0 Å². The predicted molar refractivity (Wildman–Crippen MR) is 86.5 cm³/mol. The number of hydrogen-bond acceptors (Lipinski definition) is 4. The first-order valence-electron chi connectivity index (χ1n) is 7.20. The smallest absolute Gasteiger partial charge is 0.240 e. The van der Waals surface area contributed by atoms with Gasteiger partial charge in [-0.25, -0.2) is 13.1 Å². The first-order chi connectivity index (χ1) is 9.74. The van der Waals surface area contributed by atoms with Crippen LogP contribution in [0.2, 0.25) is 0 Å². The number of nitrogens with one attached hydrogen (secondary N) is 1. The Morgan fingerprint density at radius 3 is 2.48 bits per heavy atom. The van der Waals surface area contributed by atoms with Gasteiger partial charge in [-0.3, -0.25) is 0 Å². The summed E-state index contributed by atoms with van der Waals surface area (Å²) in [4.78, 5) is 2.27. The van der Waals surface area contributed by atoms with Crippen molar-refractivity contribution in [1.82, 2.24) is 9.62 Å². The molecule has 1 aromatic rings. The molecule has 0 aliphatic rings. The maximum Gasteiger partial charge on any atom is 0.240 e. The van der Waals surface area contributed by atoms with Gasteiger partial charge in [0.15, 0.2) is 0 Å². The van der Waals surface area contributed by atoms with Crippen LogP contribution in [0.15, 0.2) is 29.2 Å². The van der Waals surface area contributed by atoms with E-state index in [0.717, 1.165) is 12.0 Å². The molecule has 5 nitrogen and oxygen atoms in total. The number of likely N-dealkylation sites (N-methyl/N-ethyl adjacent to an activating group) is 1. The number of sulfonamides is 1. The first-order valence-corrected chi connectivity index (χ1v) is 8.69. The van der Waals surface area contributed by atoms with Gasteiger partial charge in [0.1, 0.15) is 0 Å². The Kier molecular flexibility index (Phi) is 6.80. The van der Waals surface area contributed by atoms with E-state index in [1.165, 1.54) is 0 Å². The largest absolute Gasteiger partial charge is 0.326 e. The fourth-order valence-electron chi connectivity index (χ4n) is 2.30. The summed E-state index contributed by atoms with van der Waals surface area (Å²) >= 11 is 0. The third-order valence-electron chi connectivity index (χ3n) is 3.11. The molecule has 0 radical (unpaired) electrons. The lowest BCUT2D eigenvalue weighted by Gasteiger charge is -2.24. The summed E-state index contributed by atoms with van der Waals surface area (Å²) in [6.45, 7) is 5.18. The third kappa shape index (κ3) is 6.13. The Hall–Kier alpha value is -0.950. The van der Waals surface area contributed by atoms with Gasteiger partial charge in [0.25, 0.3) is 0 Å². The minimum atomic E-state index is -3.52. The Balaban J connectivity index is 2.93. The van der Waals surface area contributed by atoms with Crippen LogP contribution in [0.4, 0.5) is 0 Å². The topological polar surface area (TPSA) is 75.4 Å². The van der Waals surface area contributed by atoms with E-state index in [1.807, 2.05) is 25.1 Å². The van der Waals surface area contributed by atoms with Crippen LogP contribution in [0.5, 0.6) is 0 Å². The highest BCUT2D eigenvalue weighted by Crippen LogP contribution is 2.14. The van der Waals surface area contributed by atoms with Crippen molar-refractivity contribution in [2.75, 3.05) is 20.6 Å². The summed E-state index contributed by atoms with van der Waals surface area (Å²) < 4.78 is 27.8. The van der Waals surface area contributed by atoms with Gasteiger partial charge in [0.2, 0.25) is 10.0 Å². The Labute approximate surface area is 128 Å². The van der Waals surface area contributed by atoms with E-state index >= 15 is 0 Å². The summed E-state index contributed by atoms with van der Waals surface area (Å²) in [6, 6.07) is 6.67. The molecular formula is C15H27N3O2S. The van der Waals surface area contributed by atoms with Crippen molar-refractivity contribution in [2.24, 2.45) is 11.7 Å². The standard InChI is InChI=1S/C15H27N3O2S/c1-12(2)8-14(11-18(3)4)17-21(19,20)15-7-5-6-13(9-15)10-16/h5-7,9,12,14,17H,8,10-11,16H2,1-4H3. The number of nitrogens with two attached hydrogens (primary N) is 1. The van der Waals surface area contributed by atoms with E-state index in [2.05, 4.69) is 18.6 Å². The molecule has 0 bridgehead atoms. The van der Waals surface area contributed by atoms with Crippen LogP contribution in [0.1, 0.15) is 25.8 Å². The number of hydrogen-bond donors (Lipinski definition) is 2. The molecule has 0 fully saturated rings. The van der Waals surface area contributed by atoms with Gasteiger partial charge >= 0.3 is 0 Å². The molecule has 0 spiro atoms. The molecule has 0 aliphatic carbocycles. The summed E-state index contributed by atoms with van der Waals surface area (Å²) in [6.07, 6.45) is 0.800. The first kappa shape index (κ1) is 18.1. The second-order valence-corrected chi connectivity index (χ2v) is 7.78. The van der Waals surface area contributed by atoms with Crippen LogP contribution in [0.25, 0.3) is 0 Å². The molecule has 6 heteroatoms. The number of rotatable bonds is 8. The Bertz CT molecular complexity index is 532. The average Bonchev–Trinajstić information content (AvgIpc) is 2.36. The third-order valence-corrected chi connectivity index (χ3v) is 4.63. The fraction of sp³-hybridized carbons (Fsp3) is 0.600. The van der Waals surface area contributed by atoms with Crippen molar-refractivity contribution in [2.45, 2.75) is 37.8 Å². The predicted octanol–water partition coefficient (Wildman–Crippen LogP) is 1.40. The minimum Gasteiger partial charge on any atom is -0.326 e. The van der Waals surface area contributed by atoms with Crippen LogP contribution >= 0.6 is 0 Å². The van der Waals surface area contributed by atoms with Crippen LogP contribution in [-0.2, 0) is 16.6 Å². The Morgan fingerprint density at radius 1 is 1.29 bits per heavy atom. The van der Waals surface area contributed by atoms with Crippen molar-refractivity contribution in [3.63, 3.8) is 0 Å². The molecule has 0 saturated carbocycles. The molecule has 0 amide bonds. The zero-order valence-electron chi connectivity index (χ0n) is 13.3. The SMILES string of the molecule is CC(C)CC(CN(C)C)NS(=O)(=O)c1cccc(CN)c1.